The number of fused-ring (bicyclic) bond motifs is 3. The third-order valence-electron chi connectivity index (χ3n) is 4.33. The van der Waals surface area contributed by atoms with Crippen LogP contribution >= 0.6 is 0 Å². The van der Waals surface area contributed by atoms with E-state index in [0.29, 0.717) is 12.1 Å². The summed E-state index contributed by atoms with van der Waals surface area (Å²) in [6.07, 6.45) is 0. The third kappa shape index (κ3) is 2.54. The molecule has 0 spiro atoms. The fourth-order valence-corrected chi connectivity index (χ4v) is 3.12. The van der Waals surface area contributed by atoms with E-state index in [1.165, 1.54) is 5.56 Å². The zero-order chi connectivity index (χ0) is 16.5. The molecule has 0 radical (unpaired) electrons. The van der Waals surface area contributed by atoms with Crippen molar-refractivity contribution in [2.24, 2.45) is 0 Å². The molecule has 0 atom stereocenters. The van der Waals surface area contributed by atoms with Gasteiger partial charge in [0.2, 0.25) is 0 Å². The van der Waals surface area contributed by atoms with Gasteiger partial charge in [-0.2, -0.15) is 0 Å². The van der Waals surface area contributed by atoms with Gasteiger partial charge in [0.25, 0.3) is 0 Å². The van der Waals surface area contributed by atoms with Crippen LogP contribution in [0.1, 0.15) is 11.1 Å². The Hall–Kier alpha value is -3.07. The van der Waals surface area contributed by atoms with E-state index in [1.807, 2.05) is 42.5 Å². The summed E-state index contributed by atoms with van der Waals surface area (Å²) in [4.78, 5) is 11.9. The summed E-state index contributed by atoms with van der Waals surface area (Å²) in [6.45, 7) is 2.64. The lowest BCUT2D eigenvalue weighted by Crippen LogP contribution is -2.06. The summed E-state index contributed by atoms with van der Waals surface area (Å²) in [5.41, 5.74) is 3.50. The Morgan fingerprint density at radius 2 is 1.75 bits per heavy atom. The van der Waals surface area contributed by atoms with Gasteiger partial charge in [-0.25, -0.2) is 4.79 Å². The first-order valence-electron chi connectivity index (χ1n) is 7.96. The standard InChI is InChI=1S/C21H17NO2/c1-14-6-2-5-9-18(14)22-13-16-12-20(23)24-19-11-10-15-7-3-4-8-17(15)21(16)19/h2-12,22H,13H2,1H3. The number of benzene rings is 3. The summed E-state index contributed by atoms with van der Waals surface area (Å²) in [6, 6.07) is 21.7. The van der Waals surface area contributed by atoms with Crippen molar-refractivity contribution in [2.45, 2.75) is 13.5 Å². The molecule has 0 aliphatic rings. The van der Waals surface area contributed by atoms with E-state index in [0.717, 1.165) is 27.4 Å². The first-order valence-corrected chi connectivity index (χ1v) is 7.96. The molecule has 1 heterocycles. The minimum atomic E-state index is -0.320. The van der Waals surface area contributed by atoms with Gasteiger partial charge in [0.1, 0.15) is 5.58 Å². The normalized spacial score (nSPS) is 11.0. The van der Waals surface area contributed by atoms with Crippen molar-refractivity contribution in [1.29, 1.82) is 0 Å². The van der Waals surface area contributed by atoms with E-state index >= 15 is 0 Å². The Balaban J connectivity index is 1.86. The number of para-hydroxylation sites is 1. The molecule has 4 rings (SSSR count). The van der Waals surface area contributed by atoms with E-state index < -0.39 is 0 Å². The maximum absolute atomic E-state index is 11.9. The van der Waals surface area contributed by atoms with Gasteiger partial charge in [0.05, 0.1) is 0 Å². The Morgan fingerprint density at radius 3 is 2.62 bits per heavy atom. The smallest absolute Gasteiger partial charge is 0.336 e. The molecule has 3 nitrogen and oxygen atoms in total. The van der Waals surface area contributed by atoms with Gasteiger partial charge < -0.3 is 9.73 Å². The maximum atomic E-state index is 11.9. The van der Waals surface area contributed by atoms with Crippen LogP contribution in [0.25, 0.3) is 21.7 Å². The lowest BCUT2D eigenvalue weighted by atomic mass is 10.0. The van der Waals surface area contributed by atoms with Gasteiger partial charge in [-0.05, 0) is 41.0 Å². The summed E-state index contributed by atoms with van der Waals surface area (Å²) in [7, 11) is 0. The van der Waals surface area contributed by atoms with Crippen LogP contribution in [0.4, 0.5) is 5.69 Å². The fourth-order valence-electron chi connectivity index (χ4n) is 3.12. The molecular weight excluding hydrogens is 298 g/mol. The molecule has 4 aromatic rings. The molecule has 1 N–H and O–H groups in total. The van der Waals surface area contributed by atoms with Gasteiger partial charge in [-0.15, -0.1) is 0 Å². The van der Waals surface area contributed by atoms with Gasteiger partial charge in [0, 0.05) is 23.7 Å². The van der Waals surface area contributed by atoms with Gasteiger partial charge in [-0.1, -0.05) is 48.5 Å². The predicted octanol–water partition coefficient (Wildman–Crippen LogP) is 4.87. The highest BCUT2D eigenvalue weighted by Gasteiger charge is 2.09. The lowest BCUT2D eigenvalue weighted by Gasteiger charge is -2.12. The molecule has 0 fully saturated rings. The lowest BCUT2D eigenvalue weighted by molar-refractivity contribution is 0.559. The average Bonchev–Trinajstić information content (AvgIpc) is 2.60. The first kappa shape index (κ1) is 14.5. The highest BCUT2D eigenvalue weighted by Crippen LogP contribution is 2.28. The molecule has 0 saturated carbocycles. The van der Waals surface area contributed by atoms with Crippen molar-refractivity contribution >= 4 is 27.4 Å². The maximum Gasteiger partial charge on any atom is 0.336 e. The summed E-state index contributed by atoms with van der Waals surface area (Å²) < 4.78 is 5.40. The van der Waals surface area contributed by atoms with E-state index in [9.17, 15) is 4.79 Å². The molecule has 0 aliphatic carbocycles. The Kier molecular flexibility index (Phi) is 3.54. The number of rotatable bonds is 3. The van der Waals surface area contributed by atoms with Crippen molar-refractivity contribution < 1.29 is 4.42 Å². The second-order valence-corrected chi connectivity index (χ2v) is 5.92. The number of hydrogen-bond acceptors (Lipinski definition) is 3. The minimum Gasteiger partial charge on any atom is -0.423 e. The van der Waals surface area contributed by atoms with Crippen LogP contribution in [0, 0.1) is 6.92 Å². The SMILES string of the molecule is Cc1ccccc1NCc1cc(=O)oc2ccc3ccccc3c12. The number of aryl methyl sites for hydroxylation is 1. The Labute approximate surface area is 139 Å². The van der Waals surface area contributed by atoms with Crippen molar-refractivity contribution in [2.75, 3.05) is 5.32 Å². The van der Waals surface area contributed by atoms with Crippen LogP contribution in [0.15, 0.2) is 75.9 Å². The average molecular weight is 315 g/mol. The molecule has 118 valence electrons. The molecule has 0 unspecified atom stereocenters. The quantitative estimate of drug-likeness (QED) is 0.433. The Morgan fingerprint density at radius 1 is 0.958 bits per heavy atom. The molecule has 0 bridgehead atoms. The zero-order valence-corrected chi connectivity index (χ0v) is 13.4. The van der Waals surface area contributed by atoms with Crippen LogP contribution < -0.4 is 10.9 Å². The van der Waals surface area contributed by atoms with E-state index in [-0.39, 0.29) is 5.63 Å². The van der Waals surface area contributed by atoms with Crippen molar-refractivity contribution in [3.05, 3.63) is 88.3 Å². The monoisotopic (exact) mass is 315 g/mol. The van der Waals surface area contributed by atoms with Crippen LogP contribution in [0.2, 0.25) is 0 Å². The highest BCUT2D eigenvalue weighted by atomic mass is 16.4. The second-order valence-electron chi connectivity index (χ2n) is 5.92. The van der Waals surface area contributed by atoms with Crippen LogP contribution in [0.5, 0.6) is 0 Å². The molecule has 0 aliphatic heterocycles. The fraction of sp³-hybridized carbons (Fsp3) is 0.0952. The largest absolute Gasteiger partial charge is 0.423 e. The zero-order valence-electron chi connectivity index (χ0n) is 13.4. The van der Waals surface area contributed by atoms with Gasteiger partial charge in [0.15, 0.2) is 0 Å². The molecule has 0 saturated heterocycles. The topological polar surface area (TPSA) is 42.2 Å². The summed E-state index contributed by atoms with van der Waals surface area (Å²) in [5, 5.41) is 6.66. The third-order valence-corrected chi connectivity index (χ3v) is 4.33. The van der Waals surface area contributed by atoms with Crippen molar-refractivity contribution in [3.63, 3.8) is 0 Å². The molecular formula is C21H17NO2. The number of hydrogen-bond donors (Lipinski definition) is 1. The molecule has 24 heavy (non-hydrogen) atoms. The van der Waals surface area contributed by atoms with Crippen LogP contribution in [-0.4, -0.2) is 0 Å². The molecule has 0 amide bonds. The second kappa shape index (κ2) is 5.85. The summed E-state index contributed by atoms with van der Waals surface area (Å²) in [5.74, 6) is 0. The molecule has 1 aromatic heterocycles. The number of nitrogens with one attached hydrogen (secondary N) is 1. The van der Waals surface area contributed by atoms with Crippen molar-refractivity contribution in [3.8, 4) is 0 Å². The van der Waals surface area contributed by atoms with Crippen LogP contribution in [-0.2, 0) is 6.54 Å². The van der Waals surface area contributed by atoms with E-state index in [1.54, 1.807) is 6.07 Å². The highest BCUT2D eigenvalue weighted by molar-refractivity contribution is 6.07. The van der Waals surface area contributed by atoms with E-state index in [4.69, 9.17) is 4.42 Å². The molecule has 3 heteroatoms. The first-order chi connectivity index (χ1) is 11.7. The van der Waals surface area contributed by atoms with E-state index in [2.05, 4.69) is 30.4 Å². The van der Waals surface area contributed by atoms with Gasteiger partial charge in [-0.3, -0.25) is 0 Å². The Bertz CT molecular complexity index is 1100. The predicted molar refractivity (Wildman–Crippen MR) is 98.5 cm³/mol. The molecule has 3 aromatic carbocycles. The van der Waals surface area contributed by atoms with Crippen molar-refractivity contribution in [1.82, 2.24) is 0 Å². The van der Waals surface area contributed by atoms with Crippen LogP contribution in [0.3, 0.4) is 0 Å². The summed E-state index contributed by atoms with van der Waals surface area (Å²) >= 11 is 0. The minimum absolute atomic E-state index is 0.320. The van der Waals surface area contributed by atoms with Gasteiger partial charge >= 0.3 is 5.63 Å². The number of anilines is 1.